The molecule has 0 atom stereocenters. The molecule has 0 fully saturated rings. The Hall–Kier alpha value is -1.09. The summed E-state index contributed by atoms with van der Waals surface area (Å²) in [6.45, 7) is 0. The van der Waals surface area contributed by atoms with Gasteiger partial charge in [-0.1, -0.05) is 46.3 Å². The number of halogens is 1. The van der Waals surface area contributed by atoms with Crippen LogP contribution < -0.4 is 0 Å². The minimum absolute atomic E-state index is 0.353. The van der Waals surface area contributed by atoms with Crippen molar-refractivity contribution in [3.05, 3.63) is 41.5 Å². The molecule has 0 bridgehead atoms. The number of carbonyl (C=O) groups is 1. The predicted molar refractivity (Wildman–Crippen MR) is 55.8 cm³/mol. The van der Waals surface area contributed by atoms with Crippen molar-refractivity contribution in [1.29, 1.82) is 0 Å². The highest BCUT2D eigenvalue weighted by atomic mass is 79.9. The Bertz CT molecular complexity index is 317. The van der Waals surface area contributed by atoms with Crippen LogP contribution in [0.3, 0.4) is 0 Å². The first-order chi connectivity index (χ1) is 6.24. The molecule has 68 valence electrons. The van der Waals surface area contributed by atoms with Gasteiger partial charge in [0, 0.05) is 10.9 Å². The fourth-order valence-corrected chi connectivity index (χ4v) is 1.31. The number of hydrogen-bond donors (Lipinski definition) is 1. The van der Waals surface area contributed by atoms with Gasteiger partial charge >= 0.3 is 5.97 Å². The molecule has 0 aliphatic rings. The van der Waals surface area contributed by atoms with Crippen LogP contribution in [0.1, 0.15) is 5.56 Å². The van der Waals surface area contributed by atoms with Crippen molar-refractivity contribution >= 4 is 28.0 Å². The van der Waals surface area contributed by atoms with Gasteiger partial charge in [0.25, 0.3) is 0 Å². The van der Waals surface area contributed by atoms with E-state index < -0.39 is 5.97 Å². The Morgan fingerprint density at radius 3 is 2.46 bits per heavy atom. The molecule has 1 rings (SSSR count). The molecule has 0 saturated heterocycles. The molecule has 0 aromatic heterocycles. The molecular weight excluding hydrogens is 232 g/mol. The zero-order valence-corrected chi connectivity index (χ0v) is 8.49. The quantitative estimate of drug-likeness (QED) is 0.652. The Balaban J connectivity index is 2.92. The Morgan fingerprint density at radius 2 is 2.00 bits per heavy atom. The van der Waals surface area contributed by atoms with E-state index in [1.165, 1.54) is 0 Å². The third-order valence-electron chi connectivity index (χ3n) is 1.56. The van der Waals surface area contributed by atoms with Crippen LogP contribution in [-0.4, -0.2) is 16.4 Å². The van der Waals surface area contributed by atoms with E-state index in [-0.39, 0.29) is 0 Å². The maximum absolute atomic E-state index is 10.6. The van der Waals surface area contributed by atoms with E-state index in [0.717, 1.165) is 5.56 Å². The minimum atomic E-state index is -0.888. The molecule has 1 N–H and O–H groups in total. The smallest absolute Gasteiger partial charge is 0.332 e. The Labute approximate surface area is 85.0 Å². The maximum Gasteiger partial charge on any atom is 0.332 e. The lowest BCUT2D eigenvalue weighted by atomic mass is 10.1. The number of carboxylic acids is 1. The molecule has 0 heterocycles. The molecule has 0 saturated carbocycles. The van der Waals surface area contributed by atoms with Gasteiger partial charge in [-0.2, -0.15) is 0 Å². The first kappa shape index (κ1) is 9.99. The Kier molecular flexibility index (Phi) is 3.71. The van der Waals surface area contributed by atoms with Crippen LogP contribution >= 0.6 is 15.9 Å². The van der Waals surface area contributed by atoms with Crippen molar-refractivity contribution in [2.45, 2.75) is 0 Å². The number of rotatable bonds is 3. The predicted octanol–water partition coefficient (Wildman–Crippen LogP) is 2.55. The highest BCUT2D eigenvalue weighted by Gasteiger charge is 2.03. The molecule has 2 nitrogen and oxygen atoms in total. The second-order valence-electron chi connectivity index (χ2n) is 2.52. The van der Waals surface area contributed by atoms with Crippen LogP contribution in [-0.2, 0) is 4.79 Å². The molecule has 0 radical (unpaired) electrons. The summed E-state index contributed by atoms with van der Waals surface area (Å²) in [6, 6.07) is 9.38. The molecule has 1 aromatic rings. The van der Waals surface area contributed by atoms with E-state index in [9.17, 15) is 4.79 Å². The second-order valence-corrected chi connectivity index (χ2v) is 3.08. The van der Waals surface area contributed by atoms with E-state index in [0.29, 0.717) is 10.9 Å². The van der Waals surface area contributed by atoms with Crippen LogP contribution in [0.5, 0.6) is 0 Å². The molecule has 0 aliphatic carbocycles. The fourth-order valence-electron chi connectivity index (χ4n) is 0.908. The lowest BCUT2D eigenvalue weighted by Gasteiger charge is -1.96. The van der Waals surface area contributed by atoms with Gasteiger partial charge in [0.2, 0.25) is 0 Å². The summed E-state index contributed by atoms with van der Waals surface area (Å²) in [5.74, 6) is -0.888. The molecule has 1 aromatic carbocycles. The zero-order valence-electron chi connectivity index (χ0n) is 6.90. The number of benzene rings is 1. The van der Waals surface area contributed by atoms with Crippen molar-refractivity contribution in [1.82, 2.24) is 0 Å². The van der Waals surface area contributed by atoms with Crippen molar-refractivity contribution in [2.75, 3.05) is 5.33 Å². The van der Waals surface area contributed by atoms with E-state index >= 15 is 0 Å². The summed E-state index contributed by atoms with van der Waals surface area (Å²) in [4.78, 5) is 10.6. The van der Waals surface area contributed by atoms with Crippen molar-refractivity contribution < 1.29 is 9.90 Å². The van der Waals surface area contributed by atoms with E-state index in [1.807, 2.05) is 30.3 Å². The highest BCUT2D eigenvalue weighted by Crippen LogP contribution is 2.08. The normalized spacial score (nSPS) is 11.3. The SMILES string of the molecule is O=C(O)/C(=C/c1ccccc1)CBr. The van der Waals surface area contributed by atoms with Gasteiger partial charge in [0.15, 0.2) is 0 Å². The lowest BCUT2D eigenvalue weighted by Crippen LogP contribution is -2.00. The summed E-state index contributed by atoms with van der Waals surface area (Å²) in [7, 11) is 0. The van der Waals surface area contributed by atoms with Crippen LogP contribution in [0, 0.1) is 0 Å². The molecule has 0 aliphatic heterocycles. The number of hydrogen-bond acceptors (Lipinski definition) is 1. The van der Waals surface area contributed by atoms with Crippen LogP contribution in [0.2, 0.25) is 0 Å². The van der Waals surface area contributed by atoms with E-state index in [1.54, 1.807) is 6.08 Å². The molecule has 3 heteroatoms. The third-order valence-corrected chi connectivity index (χ3v) is 2.16. The largest absolute Gasteiger partial charge is 0.478 e. The maximum atomic E-state index is 10.6. The van der Waals surface area contributed by atoms with Gasteiger partial charge in [0.1, 0.15) is 0 Å². The van der Waals surface area contributed by atoms with Crippen molar-refractivity contribution in [3.63, 3.8) is 0 Å². The Morgan fingerprint density at radius 1 is 1.38 bits per heavy atom. The fraction of sp³-hybridized carbons (Fsp3) is 0.100. The summed E-state index contributed by atoms with van der Waals surface area (Å²) in [5, 5.41) is 9.09. The van der Waals surface area contributed by atoms with E-state index in [4.69, 9.17) is 5.11 Å². The summed E-state index contributed by atoms with van der Waals surface area (Å²) < 4.78 is 0. The second kappa shape index (κ2) is 4.82. The van der Waals surface area contributed by atoms with Gasteiger partial charge in [-0.05, 0) is 11.6 Å². The van der Waals surface area contributed by atoms with Gasteiger partial charge < -0.3 is 5.11 Å². The number of aliphatic carboxylic acids is 1. The van der Waals surface area contributed by atoms with Crippen LogP contribution in [0.15, 0.2) is 35.9 Å². The molecule has 0 spiro atoms. The zero-order chi connectivity index (χ0) is 9.68. The first-order valence-corrected chi connectivity index (χ1v) is 4.91. The molecule has 13 heavy (non-hydrogen) atoms. The third kappa shape index (κ3) is 3.03. The average Bonchev–Trinajstić information content (AvgIpc) is 2.15. The summed E-state index contributed by atoms with van der Waals surface area (Å²) >= 11 is 3.12. The molecular formula is C10H9BrO2. The number of alkyl halides is 1. The number of carboxylic acid groups (broad SMARTS) is 1. The van der Waals surface area contributed by atoms with Gasteiger partial charge in [-0.3, -0.25) is 0 Å². The van der Waals surface area contributed by atoms with Crippen LogP contribution in [0.25, 0.3) is 6.08 Å². The van der Waals surface area contributed by atoms with Gasteiger partial charge in [0.05, 0.1) is 0 Å². The van der Waals surface area contributed by atoms with Crippen molar-refractivity contribution in [2.24, 2.45) is 0 Å². The van der Waals surface area contributed by atoms with E-state index in [2.05, 4.69) is 15.9 Å². The van der Waals surface area contributed by atoms with Crippen LogP contribution in [0.4, 0.5) is 0 Å². The lowest BCUT2D eigenvalue weighted by molar-refractivity contribution is -0.132. The molecule has 0 unspecified atom stereocenters. The standard InChI is InChI=1S/C10H9BrO2/c11-7-9(10(12)13)6-8-4-2-1-3-5-8/h1-6H,7H2,(H,12,13)/b9-6+. The minimum Gasteiger partial charge on any atom is -0.478 e. The average molecular weight is 241 g/mol. The van der Waals surface area contributed by atoms with Crippen molar-refractivity contribution in [3.8, 4) is 0 Å². The summed E-state index contributed by atoms with van der Waals surface area (Å²) in [5.41, 5.74) is 1.26. The monoisotopic (exact) mass is 240 g/mol. The summed E-state index contributed by atoms with van der Waals surface area (Å²) in [6.07, 6.45) is 1.65. The first-order valence-electron chi connectivity index (χ1n) is 3.79. The highest BCUT2D eigenvalue weighted by molar-refractivity contribution is 9.09. The topological polar surface area (TPSA) is 37.3 Å². The van der Waals surface area contributed by atoms with Gasteiger partial charge in [-0.15, -0.1) is 0 Å². The van der Waals surface area contributed by atoms with Gasteiger partial charge in [-0.25, -0.2) is 4.79 Å². The molecule has 0 amide bonds.